The Bertz CT molecular complexity index is 1380. The smallest absolute Gasteiger partial charge is 0.262 e. The van der Waals surface area contributed by atoms with Crippen LogP contribution in [0.3, 0.4) is 0 Å². The highest BCUT2D eigenvalue weighted by Crippen LogP contribution is 2.25. The highest BCUT2D eigenvalue weighted by Gasteiger charge is 2.12. The van der Waals surface area contributed by atoms with Crippen molar-refractivity contribution in [3.8, 4) is 5.69 Å². The molecule has 0 saturated carbocycles. The highest BCUT2D eigenvalue weighted by atomic mass is 32.2. The van der Waals surface area contributed by atoms with E-state index in [4.69, 9.17) is 0 Å². The van der Waals surface area contributed by atoms with Gasteiger partial charge in [-0.25, -0.2) is 9.67 Å². The van der Waals surface area contributed by atoms with Crippen LogP contribution < -0.4 is 5.56 Å². The molecule has 0 aliphatic carbocycles. The van der Waals surface area contributed by atoms with Crippen LogP contribution in [0.1, 0.15) is 11.1 Å². The van der Waals surface area contributed by atoms with E-state index in [1.807, 2.05) is 55.5 Å². The van der Waals surface area contributed by atoms with E-state index in [0.717, 1.165) is 27.7 Å². The maximum atomic E-state index is 12.5. The van der Waals surface area contributed by atoms with Crippen LogP contribution in [0.25, 0.3) is 27.6 Å². The van der Waals surface area contributed by atoms with Gasteiger partial charge in [-0.1, -0.05) is 53.7 Å². The lowest BCUT2D eigenvalue weighted by Gasteiger charge is -2.06. The fraction of sp³-hybridized carbons (Fsp3) is 0.0909. The van der Waals surface area contributed by atoms with E-state index >= 15 is 0 Å². The van der Waals surface area contributed by atoms with Crippen LogP contribution in [-0.4, -0.2) is 24.7 Å². The molecule has 2 aromatic carbocycles. The maximum Gasteiger partial charge on any atom is 0.262 e. The molecule has 5 aromatic rings. The first-order valence-corrected chi connectivity index (χ1v) is 10.2. The summed E-state index contributed by atoms with van der Waals surface area (Å²) in [4.78, 5) is 24.6. The average molecular weight is 399 g/mol. The van der Waals surface area contributed by atoms with Crippen molar-refractivity contribution >= 4 is 33.7 Å². The Labute approximate surface area is 170 Å². The molecule has 142 valence electrons. The average Bonchev–Trinajstić information content (AvgIpc) is 3.17. The van der Waals surface area contributed by atoms with Gasteiger partial charge in [0.25, 0.3) is 5.56 Å². The summed E-state index contributed by atoms with van der Waals surface area (Å²) in [6.07, 6.45) is 3.35. The highest BCUT2D eigenvalue weighted by molar-refractivity contribution is 7.98. The molecule has 0 aliphatic rings. The van der Waals surface area contributed by atoms with Gasteiger partial charge in [-0.2, -0.15) is 5.10 Å². The summed E-state index contributed by atoms with van der Waals surface area (Å²) in [5.41, 5.74) is 4.47. The number of thioether (sulfide) groups is 1. The minimum Gasteiger partial charge on any atom is -0.301 e. The minimum atomic E-state index is -0.188. The number of hydrogen-bond acceptors (Lipinski definition) is 5. The molecule has 0 amide bonds. The van der Waals surface area contributed by atoms with Crippen molar-refractivity contribution in [2.75, 3.05) is 0 Å². The molecule has 3 aromatic heterocycles. The number of pyridine rings is 1. The number of aromatic nitrogens is 5. The standard InChI is InChI=1S/C22H17N5OS/c1-14-7-9-17(10-8-14)27-20-18(12-24-27)21(28)26-22(25-20)29-13-16-5-2-4-15-6-3-11-23-19(15)16/h2-12H,13H2,1H3,(H,25,26,28). The second-order valence-corrected chi connectivity index (χ2v) is 7.75. The summed E-state index contributed by atoms with van der Waals surface area (Å²) in [5.74, 6) is 0.654. The van der Waals surface area contributed by atoms with Gasteiger partial charge in [0.15, 0.2) is 10.8 Å². The lowest BCUT2D eigenvalue weighted by molar-refractivity contribution is 0.872. The maximum absolute atomic E-state index is 12.5. The Morgan fingerprint density at radius 1 is 1.07 bits per heavy atom. The van der Waals surface area contributed by atoms with Crippen LogP contribution in [0.5, 0.6) is 0 Å². The van der Waals surface area contributed by atoms with Crippen molar-refractivity contribution in [2.24, 2.45) is 0 Å². The number of benzene rings is 2. The van der Waals surface area contributed by atoms with Crippen LogP contribution in [0.15, 0.2) is 76.9 Å². The number of fused-ring (bicyclic) bond motifs is 2. The zero-order chi connectivity index (χ0) is 19.8. The number of hydrogen-bond donors (Lipinski definition) is 1. The molecule has 5 rings (SSSR count). The number of para-hydroxylation sites is 1. The third-order valence-corrected chi connectivity index (χ3v) is 5.70. The predicted octanol–water partition coefficient (Wildman–Crippen LogP) is 4.26. The van der Waals surface area contributed by atoms with E-state index in [-0.39, 0.29) is 5.56 Å². The van der Waals surface area contributed by atoms with Gasteiger partial charge < -0.3 is 4.98 Å². The Hall–Kier alpha value is -3.45. The summed E-state index contributed by atoms with van der Waals surface area (Å²) in [7, 11) is 0. The van der Waals surface area contributed by atoms with Crippen molar-refractivity contribution in [2.45, 2.75) is 17.8 Å². The van der Waals surface area contributed by atoms with Crippen molar-refractivity contribution < 1.29 is 0 Å². The molecule has 0 atom stereocenters. The fourth-order valence-corrected chi connectivity index (χ4v) is 4.11. The van der Waals surface area contributed by atoms with Gasteiger partial charge in [-0.15, -0.1) is 0 Å². The van der Waals surface area contributed by atoms with Gasteiger partial charge in [-0.05, 0) is 30.7 Å². The molecular formula is C22H17N5OS. The SMILES string of the molecule is Cc1ccc(-n2ncc3c(=O)[nH]c(SCc4cccc5cccnc45)nc32)cc1. The number of rotatable bonds is 4. The third kappa shape index (κ3) is 3.30. The lowest BCUT2D eigenvalue weighted by atomic mass is 10.1. The van der Waals surface area contributed by atoms with E-state index in [2.05, 4.69) is 26.1 Å². The summed E-state index contributed by atoms with van der Waals surface area (Å²) >= 11 is 1.48. The largest absolute Gasteiger partial charge is 0.301 e. The summed E-state index contributed by atoms with van der Waals surface area (Å²) in [6.45, 7) is 2.03. The van der Waals surface area contributed by atoms with Gasteiger partial charge in [0, 0.05) is 17.3 Å². The molecule has 0 spiro atoms. The van der Waals surface area contributed by atoms with E-state index in [1.54, 1.807) is 17.1 Å². The van der Waals surface area contributed by atoms with Crippen molar-refractivity contribution in [3.63, 3.8) is 0 Å². The van der Waals surface area contributed by atoms with Gasteiger partial charge in [-0.3, -0.25) is 9.78 Å². The summed E-state index contributed by atoms with van der Waals surface area (Å²) < 4.78 is 1.70. The number of nitrogens with one attached hydrogen (secondary N) is 1. The third-order valence-electron chi connectivity index (χ3n) is 4.78. The van der Waals surface area contributed by atoms with Crippen molar-refractivity contribution in [1.29, 1.82) is 0 Å². The zero-order valence-corrected chi connectivity index (χ0v) is 16.5. The Morgan fingerprint density at radius 3 is 2.76 bits per heavy atom. The van der Waals surface area contributed by atoms with Gasteiger partial charge >= 0.3 is 0 Å². The van der Waals surface area contributed by atoms with Crippen LogP contribution in [0.4, 0.5) is 0 Å². The first-order valence-electron chi connectivity index (χ1n) is 9.19. The number of nitrogens with zero attached hydrogens (tertiary/aromatic N) is 4. The second kappa shape index (κ2) is 7.18. The second-order valence-electron chi connectivity index (χ2n) is 6.78. The zero-order valence-electron chi connectivity index (χ0n) is 15.7. The number of H-pyrrole nitrogens is 1. The van der Waals surface area contributed by atoms with Gasteiger partial charge in [0.1, 0.15) is 5.39 Å². The molecule has 0 radical (unpaired) electrons. The molecule has 0 bridgehead atoms. The molecule has 29 heavy (non-hydrogen) atoms. The Balaban J connectivity index is 1.51. The molecule has 1 N–H and O–H groups in total. The molecule has 0 saturated heterocycles. The quantitative estimate of drug-likeness (QED) is 0.361. The molecule has 3 heterocycles. The Morgan fingerprint density at radius 2 is 1.90 bits per heavy atom. The van der Waals surface area contributed by atoms with Crippen molar-refractivity contribution in [3.05, 3.63) is 88.5 Å². The minimum absolute atomic E-state index is 0.188. The monoisotopic (exact) mass is 399 g/mol. The normalized spacial score (nSPS) is 11.3. The van der Waals surface area contributed by atoms with Gasteiger partial charge in [0.2, 0.25) is 0 Å². The van der Waals surface area contributed by atoms with Crippen LogP contribution in [0.2, 0.25) is 0 Å². The van der Waals surface area contributed by atoms with E-state index in [1.165, 1.54) is 11.8 Å². The van der Waals surface area contributed by atoms with Crippen LogP contribution in [-0.2, 0) is 5.75 Å². The molecule has 6 nitrogen and oxygen atoms in total. The molecule has 7 heteroatoms. The first kappa shape index (κ1) is 17.6. The van der Waals surface area contributed by atoms with Crippen LogP contribution >= 0.6 is 11.8 Å². The van der Waals surface area contributed by atoms with E-state index in [9.17, 15) is 4.79 Å². The molecule has 0 aliphatic heterocycles. The molecule has 0 unspecified atom stereocenters. The Kier molecular flexibility index (Phi) is 4.37. The van der Waals surface area contributed by atoms with Crippen LogP contribution in [0, 0.1) is 6.92 Å². The van der Waals surface area contributed by atoms with Gasteiger partial charge in [0.05, 0.1) is 17.4 Å². The summed E-state index contributed by atoms with van der Waals surface area (Å²) in [5, 5.41) is 6.50. The predicted molar refractivity (Wildman–Crippen MR) is 116 cm³/mol. The number of aryl methyl sites for hydroxylation is 1. The fourth-order valence-electron chi connectivity index (χ4n) is 3.27. The topological polar surface area (TPSA) is 76.5 Å². The summed E-state index contributed by atoms with van der Waals surface area (Å²) in [6, 6.07) is 18.1. The lowest BCUT2D eigenvalue weighted by Crippen LogP contribution is -2.09. The molecule has 0 fully saturated rings. The molecular weight excluding hydrogens is 382 g/mol. The van der Waals surface area contributed by atoms with Crippen molar-refractivity contribution in [1.82, 2.24) is 24.7 Å². The van der Waals surface area contributed by atoms with E-state index < -0.39 is 0 Å². The first-order chi connectivity index (χ1) is 14.2. The van der Waals surface area contributed by atoms with E-state index in [0.29, 0.717) is 21.9 Å². The number of aromatic amines is 1.